The predicted octanol–water partition coefficient (Wildman–Crippen LogP) is 3.86. The first-order valence-electron chi connectivity index (χ1n) is 8.46. The highest BCUT2D eigenvalue weighted by Crippen LogP contribution is 2.30. The summed E-state index contributed by atoms with van der Waals surface area (Å²) >= 11 is 1.39. The minimum atomic E-state index is -0.419. The number of aromatic nitrogens is 1. The molecular weight excluding hydrogens is 362 g/mol. The molecule has 1 aromatic heterocycles. The van der Waals surface area contributed by atoms with Gasteiger partial charge in [0.2, 0.25) is 10.9 Å². The predicted molar refractivity (Wildman–Crippen MR) is 106 cm³/mol. The topological polar surface area (TPSA) is 64.0 Å². The van der Waals surface area contributed by atoms with Crippen molar-refractivity contribution in [1.82, 2.24) is 4.98 Å². The van der Waals surface area contributed by atoms with E-state index in [-0.39, 0.29) is 5.76 Å². The Balaban J connectivity index is 1.70. The third-order valence-corrected chi connectivity index (χ3v) is 4.93. The van der Waals surface area contributed by atoms with Crippen LogP contribution in [0.15, 0.2) is 65.7 Å². The van der Waals surface area contributed by atoms with Crippen LogP contribution < -0.4 is 5.01 Å². The van der Waals surface area contributed by atoms with E-state index < -0.39 is 5.91 Å². The summed E-state index contributed by atoms with van der Waals surface area (Å²) in [6, 6.07) is 15.6. The minimum Gasteiger partial charge on any atom is -0.494 e. The fourth-order valence-corrected chi connectivity index (χ4v) is 3.42. The molecule has 0 atom stereocenters. The van der Waals surface area contributed by atoms with Gasteiger partial charge < -0.3 is 9.47 Å². The van der Waals surface area contributed by atoms with Gasteiger partial charge in [-0.05, 0) is 24.6 Å². The van der Waals surface area contributed by atoms with Crippen LogP contribution in [0.25, 0.3) is 10.2 Å². The van der Waals surface area contributed by atoms with Gasteiger partial charge in [0, 0.05) is 0 Å². The number of carbonyl (C=O) groups excluding carboxylic acids is 1. The Morgan fingerprint density at radius 1 is 1.19 bits per heavy atom. The van der Waals surface area contributed by atoms with Crippen molar-refractivity contribution in [3.8, 4) is 0 Å². The third kappa shape index (κ3) is 3.83. The van der Waals surface area contributed by atoms with Gasteiger partial charge in [-0.25, -0.2) is 4.98 Å². The number of thiazole rings is 1. The molecule has 1 aliphatic rings. The molecule has 0 saturated carbocycles. The lowest BCUT2D eigenvalue weighted by Crippen LogP contribution is -2.30. The average Bonchev–Trinajstić information content (AvgIpc) is 3.14. The second kappa shape index (κ2) is 7.59. The largest absolute Gasteiger partial charge is 0.494 e. The van der Waals surface area contributed by atoms with Crippen LogP contribution in [0.1, 0.15) is 11.1 Å². The fourth-order valence-electron chi connectivity index (χ4n) is 2.50. The third-order valence-electron chi connectivity index (χ3n) is 3.92. The van der Waals surface area contributed by atoms with Gasteiger partial charge in [0.25, 0.3) is 0 Å². The number of hydrogen-bond donors (Lipinski definition) is 0. The number of para-hydroxylation sites is 1. The normalized spacial score (nSPS) is 13.9. The van der Waals surface area contributed by atoms with E-state index in [2.05, 4.69) is 10.1 Å². The molecule has 6 nitrogen and oxygen atoms in total. The van der Waals surface area contributed by atoms with E-state index in [4.69, 9.17) is 9.47 Å². The number of hydrogen-bond acceptors (Lipinski definition) is 6. The Labute approximate surface area is 160 Å². The van der Waals surface area contributed by atoms with Crippen LogP contribution >= 0.6 is 11.3 Å². The van der Waals surface area contributed by atoms with Crippen molar-refractivity contribution < 1.29 is 14.3 Å². The highest BCUT2D eigenvalue weighted by Gasteiger charge is 2.26. The lowest BCUT2D eigenvalue weighted by atomic mass is 10.2. The molecule has 0 unspecified atom stereocenters. The van der Waals surface area contributed by atoms with Gasteiger partial charge in [0.15, 0.2) is 0 Å². The zero-order valence-corrected chi connectivity index (χ0v) is 15.5. The Hall–Kier alpha value is -3.19. The fraction of sp³-hybridized carbons (Fsp3) is 0.150. The molecule has 1 aliphatic heterocycles. The Bertz CT molecular complexity index is 991. The van der Waals surface area contributed by atoms with Crippen LogP contribution in [0.4, 0.5) is 5.13 Å². The quantitative estimate of drug-likeness (QED) is 0.510. The minimum absolute atomic E-state index is 0.113. The van der Waals surface area contributed by atoms with Crippen LogP contribution in [0.5, 0.6) is 0 Å². The summed E-state index contributed by atoms with van der Waals surface area (Å²) in [5, 5.41) is 6.12. The number of ether oxygens (including phenoxy) is 2. The van der Waals surface area contributed by atoms with Crippen molar-refractivity contribution in [2.75, 3.05) is 18.2 Å². The van der Waals surface area contributed by atoms with Crippen molar-refractivity contribution >= 4 is 38.8 Å². The molecule has 136 valence electrons. The van der Waals surface area contributed by atoms with Crippen molar-refractivity contribution in [2.45, 2.75) is 6.92 Å². The molecule has 27 heavy (non-hydrogen) atoms. The molecule has 0 fully saturated rings. The van der Waals surface area contributed by atoms with E-state index in [0.717, 1.165) is 21.3 Å². The zero-order valence-electron chi connectivity index (χ0n) is 14.7. The van der Waals surface area contributed by atoms with Gasteiger partial charge in [0.1, 0.15) is 19.5 Å². The van der Waals surface area contributed by atoms with Crippen LogP contribution in [0.3, 0.4) is 0 Å². The summed E-state index contributed by atoms with van der Waals surface area (Å²) in [6.45, 7) is 2.77. The monoisotopic (exact) mass is 379 g/mol. The lowest BCUT2D eigenvalue weighted by Gasteiger charge is -2.19. The van der Waals surface area contributed by atoms with Gasteiger partial charge in [-0.2, -0.15) is 10.1 Å². The Morgan fingerprint density at radius 3 is 2.74 bits per heavy atom. The van der Waals surface area contributed by atoms with Crippen molar-refractivity contribution in [2.24, 2.45) is 5.10 Å². The smallest absolute Gasteiger partial charge is 0.319 e. The second-order valence-electron chi connectivity index (χ2n) is 5.94. The van der Waals surface area contributed by atoms with Crippen LogP contribution in [0.2, 0.25) is 0 Å². The number of nitrogens with zero attached hydrogens (tertiary/aromatic N) is 3. The highest BCUT2D eigenvalue weighted by molar-refractivity contribution is 7.22. The van der Waals surface area contributed by atoms with Crippen molar-refractivity contribution in [1.29, 1.82) is 0 Å². The summed E-state index contributed by atoms with van der Waals surface area (Å²) in [6.07, 6.45) is 2.96. The van der Waals surface area contributed by atoms with Gasteiger partial charge >= 0.3 is 5.91 Å². The maximum atomic E-state index is 13.0. The Kier molecular flexibility index (Phi) is 4.84. The molecule has 2 aromatic carbocycles. The number of rotatable bonds is 4. The molecule has 3 aromatic rings. The molecule has 1 amide bonds. The summed E-state index contributed by atoms with van der Waals surface area (Å²) < 4.78 is 11.6. The SMILES string of the molecule is Cc1ccc(/C=N/N(C(=O)C2=COCCO2)c2nc3ccccc3s2)cc1. The Morgan fingerprint density at radius 2 is 2.00 bits per heavy atom. The van der Waals surface area contributed by atoms with E-state index in [9.17, 15) is 4.79 Å². The average molecular weight is 379 g/mol. The number of carbonyl (C=O) groups is 1. The molecule has 0 saturated heterocycles. The molecule has 0 radical (unpaired) electrons. The molecule has 0 spiro atoms. The van der Waals surface area contributed by atoms with E-state index >= 15 is 0 Å². The number of fused-ring (bicyclic) bond motifs is 1. The molecule has 7 heteroatoms. The van der Waals surface area contributed by atoms with Crippen LogP contribution in [0, 0.1) is 6.92 Å². The van der Waals surface area contributed by atoms with E-state index in [1.54, 1.807) is 6.21 Å². The standard InChI is InChI=1S/C20H17N3O3S/c1-14-6-8-15(9-7-14)12-21-23(19(24)17-13-25-10-11-26-17)20-22-16-4-2-3-5-18(16)27-20/h2-9,12-13H,10-11H2,1H3/b21-12+. The highest BCUT2D eigenvalue weighted by atomic mass is 32.1. The van der Waals surface area contributed by atoms with Gasteiger partial charge in [-0.3, -0.25) is 4.79 Å². The van der Waals surface area contributed by atoms with E-state index in [0.29, 0.717) is 18.3 Å². The summed E-state index contributed by atoms with van der Waals surface area (Å²) in [7, 11) is 0. The number of anilines is 1. The lowest BCUT2D eigenvalue weighted by molar-refractivity contribution is -0.119. The molecule has 0 bridgehead atoms. The van der Waals surface area contributed by atoms with Gasteiger partial charge in [-0.15, -0.1) is 0 Å². The van der Waals surface area contributed by atoms with E-state index in [1.807, 2.05) is 55.5 Å². The van der Waals surface area contributed by atoms with E-state index in [1.165, 1.54) is 22.6 Å². The molecule has 0 N–H and O–H groups in total. The number of aryl methyl sites for hydroxylation is 1. The first-order chi connectivity index (χ1) is 13.2. The number of benzene rings is 2. The maximum Gasteiger partial charge on any atom is 0.319 e. The second-order valence-corrected chi connectivity index (χ2v) is 6.95. The number of amides is 1. The van der Waals surface area contributed by atoms with Crippen molar-refractivity contribution in [3.63, 3.8) is 0 Å². The summed E-state index contributed by atoms with van der Waals surface area (Å²) in [4.78, 5) is 17.5. The summed E-state index contributed by atoms with van der Waals surface area (Å²) in [5.41, 5.74) is 2.86. The molecule has 0 aliphatic carbocycles. The van der Waals surface area contributed by atoms with Gasteiger partial charge in [0.05, 0.1) is 16.4 Å². The van der Waals surface area contributed by atoms with Crippen molar-refractivity contribution in [3.05, 3.63) is 71.7 Å². The maximum absolute atomic E-state index is 13.0. The first-order valence-corrected chi connectivity index (χ1v) is 9.27. The molecule has 4 rings (SSSR count). The molecule has 2 heterocycles. The summed E-state index contributed by atoms with van der Waals surface area (Å²) in [5.74, 6) is -0.307. The number of hydrazone groups is 1. The molecular formula is C20H17N3O3S. The first kappa shape index (κ1) is 17.2. The van der Waals surface area contributed by atoms with Crippen LogP contribution in [-0.2, 0) is 14.3 Å². The zero-order chi connectivity index (χ0) is 18.6. The van der Waals surface area contributed by atoms with Crippen LogP contribution in [-0.4, -0.2) is 30.3 Å². The van der Waals surface area contributed by atoms with Gasteiger partial charge in [-0.1, -0.05) is 53.3 Å².